The maximum atomic E-state index is 4.90. The molecule has 3 heteroatoms. The molecule has 1 aliphatic heterocycles. The van der Waals surface area contributed by atoms with Gasteiger partial charge in [0.25, 0.3) is 0 Å². The molecule has 2 aliphatic carbocycles. The first-order chi connectivity index (χ1) is 10.3. The molecule has 21 heavy (non-hydrogen) atoms. The first kappa shape index (κ1) is 13.7. The SMILES string of the molecule is CC(NC1=NC(c2ccccc2)CS1)C1CC2CCC1C2. The van der Waals surface area contributed by atoms with Crippen LogP contribution >= 0.6 is 11.8 Å². The number of amidine groups is 1. The van der Waals surface area contributed by atoms with E-state index >= 15 is 0 Å². The predicted molar refractivity (Wildman–Crippen MR) is 90.6 cm³/mol. The lowest BCUT2D eigenvalue weighted by Gasteiger charge is -2.28. The summed E-state index contributed by atoms with van der Waals surface area (Å²) in [7, 11) is 0. The zero-order valence-corrected chi connectivity index (χ0v) is 13.5. The minimum Gasteiger partial charge on any atom is -0.362 e. The fourth-order valence-corrected chi connectivity index (χ4v) is 5.56. The van der Waals surface area contributed by atoms with Gasteiger partial charge in [0.1, 0.15) is 0 Å². The molecule has 2 bridgehead atoms. The maximum absolute atomic E-state index is 4.90. The highest BCUT2D eigenvalue weighted by Gasteiger charge is 2.42. The Bertz CT molecular complexity index is 527. The molecule has 1 heterocycles. The van der Waals surface area contributed by atoms with Crippen molar-refractivity contribution in [1.82, 2.24) is 5.32 Å². The Labute approximate surface area is 131 Å². The number of benzene rings is 1. The number of fused-ring (bicyclic) bond motifs is 2. The third-order valence-corrected chi connectivity index (χ3v) is 6.60. The van der Waals surface area contributed by atoms with Gasteiger partial charge in [-0.2, -0.15) is 0 Å². The summed E-state index contributed by atoms with van der Waals surface area (Å²) in [6.45, 7) is 2.37. The lowest BCUT2D eigenvalue weighted by atomic mass is 9.84. The number of hydrogen-bond acceptors (Lipinski definition) is 3. The molecule has 2 fully saturated rings. The van der Waals surface area contributed by atoms with Gasteiger partial charge in [-0.25, -0.2) is 0 Å². The number of thioether (sulfide) groups is 1. The summed E-state index contributed by atoms with van der Waals surface area (Å²) in [5, 5.41) is 4.88. The van der Waals surface area contributed by atoms with Crippen LogP contribution in [0.4, 0.5) is 0 Å². The minimum absolute atomic E-state index is 0.339. The molecule has 0 radical (unpaired) electrons. The van der Waals surface area contributed by atoms with Crippen molar-refractivity contribution in [3.05, 3.63) is 35.9 Å². The quantitative estimate of drug-likeness (QED) is 0.902. The molecule has 5 unspecified atom stereocenters. The third kappa shape index (κ3) is 2.73. The maximum Gasteiger partial charge on any atom is 0.157 e. The van der Waals surface area contributed by atoms with Crippen molar-refractivity contribution in [2.24, 2.45) is 22.7 Å². The molecule has 2 nitrogen and oxygen atoms in total. The van der Waals surface area contributed by atoms with Gasteiger partial charge >= 0.3 is 0 Å². The fraction of sp³-hybridized carbons (Fsp3) is 0.611. The monoisotopic (exact) mass is 300 g/mol. The number of nitrogens with one attached hydrogen (secondary N) is 1. The highest BCUT2D eigenvalue weighted by Crippen LogP contribution is 2.49. The Hall–Kier alpha value is -0.960. The molecule has 5 atom stereocenters. The average molecular weight is 300 g/mol. The first-order valence-electron chi connectivity index (χ1n) is 8.31. The van der Waals surface area contributed by atoms with Gasteiger partial charge in [0.15, 0.2) is 5.17 Å². The molecule has 2 saturated carbocycles. The van der Waals surface area contributed by atoms with E-state index in [1.54, 1.807) is 0 Å². The summed E-state index contributed by atoms with van der Waals surface area (Å²) < 4.78 is 0. The van der Waals surface area contributed by atoms with Crippen LogP contribution in [0.2, 0.25) is 0 Å². The van der Waals surface area contributed by atoms with E-state index in [0.29, 0.717) is 12.1 Å². The molecule has 112 valence electrons. The van der Waals surface area contributed by atoms with E-state index in [1.165, 1.54) is 36.4 Å². The summed E-state index contributed by atoms with van der Waals surface area (Å²) >= 11 is 1.89. The van der Waals surface area contributed by atoms with Gasteiger partial charge in [0.05, 0.1) is 6.04 Å². The van der Waals surface area contributed by atoms with E-state index in [0.717, 1.165) is 23.5 Å². The van der Waals surface area contributed by atoms with E-state index in [1.807, 2.05) is 11.8 Å². The van der Waals surface area contributed by atoms with Crippen molar-refractivity contribution in [2.75, 3.05) is 5.75 Å². The van der Waals surface area contributed by atoms with Crippen molar-refractivity contribution in [3.63, 3.8) is 0 Å². The molecule has 3 aliphatic rings. The molecule has 1 aromatic rings. The lowest BCUT2D eigenvalue weighted by molar-refractivity contribution is 0.279. The van der Waals surface area contributed by atoms with E-state index in [2.05, 4.69) is 42.6 Å². The van der Waals surface area contributed by atoms with Gasteiger partial charge < -0.3 is 5.32 Å². The summed E-state index contributed by atoms with van der Waals surface area (Å²) in [6.07, 6.45) is 5.88. The molecule has 4 rings (SSSR count). The van der Waals surface area contributed by atoms with Crippen molar-refractivity contribution >= 4 is 16.9 Å². The third-order valence-electron chi connectivity index (χ3n) is 5.62. The molecule has 1 aromatic carbocycles. The summed E-state index contributed by atoms with van der Waals surface area (Å²) in [5.74, 6) is 3.97. The van der Waals surface area contributed by atoms with Crippen LogP contribution in [0.5, 0.6) is 0 Å². The minimum atomic E-state index is 0.339. The summed E-state index contributed by atoms with van der Waals surface area (Å²) in [5.41, 5.74) is 1.34. The fourth-order valence-electron chi connectivity index (χ4n) is 4.51. The van der Waals surface area contributed by atoms with Crippen molar-refractivity contribution in [2.45, 2.75) is 44.7 Å². The van der Waals surface area contributed by atoms with Gasteiger partial charge in [0.2, 0.25) is 0 Å². The Morgan fingerprint density at radius 3 is 2.76 bits per heavy atom. The first-order valence-corrected chi connectivity index (χ1v) is 9.30. The van der Waals surface area contributed by atoms with E-state index in [4.69, 9.17) is 4.99 Å². The van der Waals surface area contributed by atoms with Crippen molar-refractivity contribution in [3.8, 4) is 0 Å². The molecular formula is C18H24N2S. The topological polar surface area (TPSA) is 24.4 Å². The van der Waals surface area contributed by atoms with Crippen LogP contribution < -0.4 is 5.32 Å². The van der Waals surface area contributed by atoms with Crippen LogP contribution in [-0.4, -0.2) is 17.0 Å². The van der Waals surface area contributed by atoms with Crippen LogP contribution in [-0.2, 0) is 0 Å². The predicted octanol–water partition coefficient (Wildman–Crippen LogP) is 4.24. The smallest absolute Gasteiger partial charge is 0.157 e. The molecule has 0 saturated heterocycles. The number of hydrogen-bond donors (Lipinski definition) is 1. The number of nitrogens with zero attached hydrogens (tertiary/aromatic N) is 1. The Balaban J connectivity index is 1.39. The van der Waals surface area contributed by atoms with Crippen LogP contribution in [0.3, 0.4) is 0 Å². The molecule has 0 aromatic heterocycles. The summed E-state index contributed by atoms with van der Waals surface area (Å²) in [6, 6.07) is 11.6. The zero-order chi connectivity index (χ0) is 14.2. The van der Waals surface area contributed by atoms with Crippen molar-refractivity contribution < 1.29 is 0 Å². The Morgan fingerprint density at radius 2 is 2.05 bits per heavy atom. The normalized spacial score (nSPS) is 35.8. The van der Waals surface area contributed by atoms with Crippen LogP contribution in [0, 0.1) is 17.8 Å². The second kappa shape index (κ2) is 5.68. The highest BCUT2D eigenvalue weighted by atomic mass is 32.2. The van der Waals surface area contributed by atoms with Gasteiger partial charge in [-0.05, 0) is 49.5 Å². The zero-order valence-electron chi connectivity index (χ0n) is 12.7. The van der Waals surface area contributed by atoms with E-state index < -0.39 is 0 Å². The van der Waals surface area contributed by atoms with E-state index in [-0.39, 0.29) is 0 Å². The Kier molecular flexibility index (Phi) is 3.70. The van der Waals surface area contributed by atoms with Gasteiger partial charge in [0, 0.05) is 11.8 Å². The second-order valence-electron chi connectivity index (χ2n) is 6.94. The number of aliphatic imine (C=N–C) groups is 1. The second-order valence-corrected chi connectivity index (χ2v) is 7.95. The van der Waals surface area contributed by atoms with Crippen molar-refractivity contribution in [1.29, 1.82) is 0 Å². The van der Waals surface area contributed by atoms with E-state index in [9.17, 15) is 0 Å². The molecular weight excluding hydrogens is 276 g/mol. The van der Waals surface area contributed by atoms with Gasteiger partial charge in [-0.15, -0.1) is 0 Å². The van der Waals surface area contributed by atoms with Gasteiger partial charge in [-0.3, -0.25) is 4.99 Å². The Morgan fingerprint density at radius 1 is 1.19 bits per heavy atom. The van der Waals surface area contributed by atoms with Crippen LogP contribution in [0.15, 0.2) is 35.3 Å². The summed E-state index contributed by atoms with van der Waals surface area (Å²) in [4.78, 5) is 4.90. The molecule has 1 N–H and O–H groups in total. The standard InChI is InChI=1S/C18H24N2S/c1-12(16-10-13-7-8-15(16)9-13)19-18-20-17(11-21-18)14-5-3-2-4-6-14/h2-6,12-13,15-17H,7-11H2,1H3,(H,19,20). The highest BCUT2D eigenvalue weighted by molar-refractivity contribution is 8.14. The van der Waals surface area contributed by atoms with Crippen LogP contribution in [0.25, 0.3) is 0 Å². The largest absolute Gasteiger partial charge is 0.362 e. The molecule has 0 amide bonds. The molecule has 0 spiro atoms. The van der Waals surface area contributed by atoms with Gasteiger partial charge in [-0.1, -0.05) is 48.5 Å². The number of rotatable bonds is 3. The van der Waals surface area contributed by atoms with Crippen LogP contribution in [0.1, 0.15) is 44.2 Å². The lowest BCUT2D eigenvalue weighted by Crippen LogP contribution is -2.38. The average Bonchev–Trinajstić information content (AvgIpc) is 3.24.